The van der Waals surface area contributed by atoms with Crippen LogP contribution in [-0.4, -0.2) is 12.2 Å². The normalized spacial score (nSPS) is 30.1. The summed E-state index contributed by atoms with van der Waals surface area (Å²) in [5.74, 6) is 5.70. The molecule has 0 aliphatic heterocycles. The van der Waals surface area contributed by atoms with Crippen molar-refractivity contribution in [1.29, 1.82) is 0 Å². The first-order valence-corrected chi connectivity index (χ1v) is 13.8. The summed E-state index contributed by atoms with van der Waals surface area (Å²) >= 11 is 0. The molecule has 2 nitrogen and oxygen atoms in total. The van der Waals surface area contributed by atoms with Gasteiger partial charge in [0, 0.05) is 5.56 Å². The molecule has 6 atom stereocenters. The second-order valence-corrected chi connectivity index (χ2v) is 14.1. The van der Waals surface area contributed by atoms with Gasteiger partial charge in [-0.2, -0.15) is 0 Å². The maximum Gasteiger partial charge on any atom is 0.126 e. The molecule has 3 saturated carbocycles. The van der Waals surface area contributed by atoms with Crippen molar-refractivity contribution in [1.82, 2.24) is 0 Å². The Morgan fingerprint density at radius 3 is 1.94 bits per heavy atom. The SMILES string of the molecule is COc1c(C2CCC3C4CC(c5cc(C)cc(C(C)(C)C)c5O)C(C4)C23)cc(C)cc1C(C)(C)C. The van der Waals surface area contributed by atoms with Crippen LogP contribution in [0.1, 0.15) is 112 Å². The number of rotatable bonds is 3. The smallest absolute Gasteiger partial charge is 0.126 e. The molecule has 0 spiro atoms. The summed E-state index contributed by atoms with van der Waals surface area (Å²) in [6, 6.07) is 9.24. The van der Waals surface area contributed by atoms with Gasteiger partial charge in [0.1, 0.15) is 11.5 Å². The first-order chi connectivity index (χ1) is 16.3. The molecule has 0 aromatic heterocycles. The molecule has 1 N–H and O–H groups in total. The second-order valence-electron chi connectivity index (χ2n) is 14.1. The summed E-state index contributed by atoms with van der Waals surface area (Å²) in [7, 11) is 1.86. The van der Waals surface area contributed by atoms with Crippen molar-refractivity contribution in [3.63, 3.8) is 0 Å². The lowest BCUT2D eigenvalue weighted by molar-refractivity contribution is 0.212. The predicted octanol–water partition coefficient (Wildman–Crippen LogP) is 8.55. The van der Waals surface area contributed by atoms with Gasteiger partial charge in [-0.05, 0) is 103 Å². The van der Waals surface area contributed by atoms with Crippen molar-refractivity contribution < 1.29 is 9.84 Å². The fourth-order valence-electron chi connectivity index (χ4n) is 8.35. The van der Waals surface area contributed by atoms with E-state index in [9.17, 15) is 5.11 Å². The van der Waals surface area contributed by atoms with Crippen LogP contribution in [0.5, 0.6) is 11.5 Å². The maximum absolute atomic E-state index is 11.5. The average Bonchev–Trinajstić information content (AvgIpc) is 3.45. The van der Waals surface area contributed by atoms with Crippen molar-refractivity contribution >= 4 is 0 Å². The van der Waals surface area contributed by atoms with Crippen molar-refractivity contribution in [2.24, 2.45) is 23.7 Å². The highest BCUT2D eigenvalue weighted by Gasteiger charge is 2.58. The number of hydrogen-bond acceptors (Lipinski definition) is 2. The minimum absolute atomic E-state index is 0.0536. The molecule has 3 aliphatic rings. The van der Waals surface area contributed by atoms with E-state index in [-0.39, 0.29) is 10.8 Å². The van der Waals surface area contributed by atoms with Crippen LogP contribution in [0.15, 0.2) is 24.3 Å². The first-order valence-electron chi connectivity index (χ1n) is 13.8. The van der Waals surface area contributed by atoms with Gasteiger partial charge in [-0.25, -0.2) is 0 Å². The van der Waals surface area contributed by atoms with Crippen LogP contribution < -0.4 is 4.74 Å². The number of ether oxygens (including phenoxy) is 1. The molecule has 2 bridgehead atoms. The number of aromatic hydroxyl groups is 1. The summed E-state index contributed by atoms with van der Waals surface area (Å²) in [6.07, 6.45) is 5.19. The van der Waals surface area contributed by atoms with E-state index in [0.29, 0.717) is 29.4 Å². The average molecular weight is 475 g/mol. The van der Waals surface area contributed by atoms with Gasteiger partial charge in [0.05, 0.1) is 7.11 Å². The lowest BCUT2D eigenvalue weighted by Crippen LogP contribution is -2.27. The standard InChI is InChI=1S/C33H46O2/c1-18-12-25(30(34)27(14-18)32(3,4)5)23-16-20-17-24(23)29-21(20)10-11-22(29)26-13-19(2)15-28(31(26)35-9)33(6,7)8/h12-15,20-24,29,34H,10-11,16-17H2,1-9H3. The van der Waals surface area contributed by atoms with Gasteiger partial charge in [0.2, 0.25) is 0 Å². The van der Waals surface area contributed by atoms with Crippen LogP contribution in [0.3, 0.4) is 0 Å². The number of aryl methyl sites for hydroxylation is 2. The van der Waals surface area contributed by atoms with Gasteiger partial charge >= 0.3 is 0 Å². The number of fused-ring (bicyclic) bond motifs is 5. The third kappa shape index (κ3) is 4.00. The summed E-state index contributed by atoms with van der Waals surface area (Å²) < 4.78 is 6.16. The third-order valence-corrected chi connectivity index (χ3v) is 9.68. The molecule has 35 heavy (non-hydrogen) atoms. The zero-order valence-electron chi connectivity index (χ0n) is 23.5. The third-order valence-electron chi connectivity index (χ3n) is 9.68. The van der Waals surface area contributed by atoms with E-state index < -0.39 is 0 Å². The Morgan fingerprint density at radius 1 is 0.743 bits per heavy atom. The second kappa shape index (κ2) is 8.29. The highest BCUT2D eigenvalue weighted by molar-refractivity contribution is 5.52. The molecule has 2 heteroatoms. The Kier molecular flexibility index (Phi) is 5.85. The van der Waals surface area contributed by atoms with Crippen LogP contribution >= 0.6 is 0 Å². The lowest BCUT2D eigenvalue weighted by atomic mass is 9.68. The first kappa shape index (κ1) is 24.7. The molecule has 190 valence electrons. The van der Waals surface area contributed by atoms with Gasteiger partial charge in [0.25, 0.3) is 0 Å². The number of phenolic OH excluding ortho intramolecular Hbond substituents is 1. The molecule has 0 radical (unpaired) electrons. The van der Waals surface area contributed by atoms with E-state index in [1.807, 2.05) is 7.11 Å². The molecule has 5 rings (SSSR count). The molecule has 3 aliphatic carbocycles. The number of phenols is 1. The zero-order chi connectivity index (χ0) is 25.4. The van der Waals surface area contributed by atoms with Gasteiger partial charge in [0.15, 0.2) is 0 Å². The van der Waals surface area contributed by atoms with Gasteiger partial charge < -0.3 is 9.84 Å². The lowest BCUT2D eigenvalue weighted by Gasteiger charge is -2.37. The van der Waals surface area contributed by atoms with Crippen LogP contribution in [0.25, 0.3) is 0 Å². The van der Waals surface area contributed by atoms with Crippen molar-refractivity contribution in [3.8, 4) is 11.5 Å². The fraction of sp³-hybridized carbons (Fsp3) is 0.636. The van der Waals surface area contributed by atoms with Crippen LogP contribution in [-0.2, 0) is 10.8 Å². The molecule has 0 amide bonds. The fourth-order valence-corrected chi connectivity index (χ4v) is 8.35. The molecular formula is C33H46O2. The molecule has 3 fully saturated rings. The Hall–Kier alpha value is -1.96. The number of hydrogen-bond donors (Lipinski definition) is 1. The Labute approximate surface area is 213 Å². The summed E-state index contributed by atoms with van der Waals surface area (Å²) in [5.41, 5.74) is 7.73. The topological polar surface area (TPSA) is 29.5 Å². The highest BCUT2D eigenvalue weighted by Crippen LogP contribution is 2.68. The Morgan fingerprint density at radius 2 is 1.34 bits per heavy atom. The monoisotopic (exact) mass is 474 g/mol. The van der Waals surface area contributed by atoms with Crippen molar-refractivity contribution in [3.05, 3.63) is 57.6 Å². The Bertz CT molecular complexity index is 1130. The van der Waals surface area contributed by atoms with E-state index in [2.05, 4.69) is 79.7 Å². The predicted molar refractivity (Wildman–Crippen MR) is 146 cm³/mol. The molecule has 6 unspecified atom stereocenters. The van der Waals surface area contributed by atoms with Crippen LogP contribution in [0.4, 0.5) is 0 Å². The Balaban J connectivity index is 1.56. The highest BCUT2D eigenvalue weighted by atomic mass is 16.5. The van der Waals surface area contributed by atoms with Crippen molar-refractivity contribution in [2.75, 3.05) is 7.11 Å². The zero-order valence-corrected chi connectivity index (χ0v) is 23.5. The van der Waals surface area contributed by atoms with Gasteiger partial charge in [-0.3, -0.25) is 0 Å². The molecule has 0 saturated heterocycles. The number of methoxy groups -OCH3 is 1. The number of benzene rings is 2. The quantitative estimate of drug-likeness (QED) is 0.483. The molecule has 2 aromatic carbocycles. The summed E-state index contributed by atoms with van der Waals surface area (Å²) in [4.78, 5) is 0. The molecular weight excluding hydrogens is 428 g/mol. The summed E-state index contributed by atoms with van der Waals surface area (Å²) in [5, 5.41) is 11.5. The molecule has 2 aromatic rings. The largest absolute Gasteiger partial charge is 0.507 e. The van der Waals surface area contributed by atoms with E-state index in [1.165, 1.54) is 53.5 Å². The minimum atomic E-state index is -0.0564. The van der Waals surface area contributed by atoms with E-state index >= 15 is 0 Å². The van der Waals surface area contributed by atoms with Crippen LogP contribution in [0, 0.1) is 37.5 Å². The molecule has 0 heterocycles. The van der Waals surface area contributed by atoms with E-state index in [0.717, 1.165) is 23.1 Å². The van der Waals surface area contributed by atoms with Crippen LogP contribution in [0.2, 0.25) is 0 Å². The van der Waals surface area contributed by atoms with Gasteiger partial charge in [-0.15, -0.1) is 0 Å². The minimum Gasteiger partial charge on any atom is -0.507 e. The summed E-state index contributed by atoms with van der Waals surface area (Å²) in [6.45, 7) is 18.0. The maximum atomic E-state index is 11.5. The van der Waals surface area contributed by atoms with Crippen molar-refractivity contribution in [2.45, 2.75) is 104 Å². The van der Waals surface area contributed by atoms with E-state index in [1.54, 1.807) is 0 Å². The van der Waals surface area contributed by atoms with Gasteiger partial charge in [-0.1, -0.05) is 76.9 Å². The van der Waals surface area contributed by atoms with E-state index in [4.69, 9.17) is 4.74 Å².